The Bertz CT molecular complexity index is 1490. The first-order valence-corrected chi connectivity index (χ1v) is 15.0. The molecule has 0 aliphatic heterocycles. The summed E-state index contributed by atoms with van der Waals surface area (Å²) in [5.41, 5.74) is 2.27. The highest BCUT2D eigenvalue weighted by Gasteiger charge is 2.33. The molecule has 40 heavy (non-hydrogen) atoms. The molecular formula is C30H35Cl2N3O4S. The highest BCUT2D eigenvalue weighted by molar-refractivity contribution is 7.92. The number of halogens is 2. The van der Waals surface area contributed by atoms with Crippen molar-refractivity contribution in [3.8, 4) is 0 Å². The lowest BCUT2D eigenvalue weighted by atomic mass is 10.1. The fourth-order valence-corrected chi connectivity index (χ4v) is 5.74. The van der Waals surface area contributed by atoms with Crippen LogP contribution in [0.1, 0.15) is 44.4 Å². The molecule has 0 bridgehead atoms. The number of carbonyl (C=O) groups excluding carboxylic acids is 2. The number of hydrogen-bond donors (Lipinski definition) is 1. The van der Waals surface area contributed by atoms with Gasteiger partial charge in [-0.15, -0.1) is 0 Å². The van der Waals surface area contributed by atoms with Gasteiger partial charge < -0.3 is 10.2 Å². The number of anilines is 1. The molecule has 0 aliphatic rings. The van der Waals surface area contributed by atoms with E-state index in [0.29, 0.717) is 21.3 Å². The van der Waals surface area contributed by atoms with Gasteiger partial charge in [0.15, 0.2) is 0 Å². The van der Waals surface area contributed by atoms with Gasteiger partial charge in [-0.05, 0) is 101 Å². The minimum atomic E-state index is -4.18. The van der Waals surface area contributed by atoms with Crippen molar-refractivity contribution in [1.82, 2.24) is 10.2 Å². The number of nitrogens with one attached hydrogen (secondary N) is 1. The van der Waals surface area contributed by atoms with E-state index in [1.807, 2.05) is 34.6 Å². The lowest BCUT2D eigenvalue weighted by Gasteiger charge is -2.33. The van der Waals surface area contributed by atoms with Gasteiger partial charge >= 0.3 is 0 Å². The number of rotatable bonds is 9. The van der Waals surface area contributed by atoms with Crippen LogP contribution >= 0.6 is 23.2 Å². The summed E-state index contributed by atoms with van der Waals surface area (Å²) in [6.07, 6.45) is 0. The van der Waals surface area contributed by atoms with Crippen LogP contribution in [0.3, 0.4) is 0 Å². The monoisotopic (exact) mass is 603 g/mol. The van der Waals surface area contributed by atoms with Crippen LogP contribution in [0, 0.1) is 13.8 Å². The fourth-order valence-electron chi connectivity index (χ4n) is 4.01. The molecule has 0 aliphatic carbocycles. The van der Waals surface area contributed by atoms with Crippen LogP contribution in [-0.4, -0.2) is 43.3 Å². The second-order valence-electron chi connectivity index (χ2n) is 10.8. The normalized spacial score (nSPS) is 12.5. The van der Waals surface area contributed by atoms with E-state index in [4.69, 9.17) is 23.2 Å². The zero-order chi connectivity index (χ0) is 29.8. The number of nitrogens with zero attached hydrogens (tertiary/aromatic N) is 2. The van der Waals surface area contributed by atoms with Crippen molar-refractivity contribution in [2.45, 2.75) is 64.6 Å². The van der Waals surface area contributed by atoms with E-state index in [0.717, 1.165) is 15.4 Å². The topological polar surface area (TPSA) is 86.8 Å². The molecule has 0 saturated carbocycles. The first kappa shape index (κ1) is 31.5. The van der Waals surface area contributed by atoms with Gasteiger partial charge in [0.2, 0.25) is 11.8 Å². The molecule has 3 aromatic rings. The van der Waals surface area contributed by atoms with Crippen LogP contribution in [0.25, 0.3) is 0 Å². The van der Waals surface area contributed by atoms with E-state index in [2.05, 4.69) is 5.32 Å². The van der Waals surface area contributed by atoms with Crippen LogP contribution in [0.2, 0.25) is 10.0 Å². The Balaban J connectivity index is 2.08. The quantitative estimate of drug-likeness (QED) is 0.318. The van der Waals surface area contributed by atoms with Crippen LogP contribution < -0.4 is 9.62 Å². The third kappa shape index (κ3) is 7.77. The lowest BCUT2D eigenvalue weighted by Crippen LogP contribution is -2.54. The summed E-state index contributed by atoms with van der Waals surface area (Å²) >= 11 is 12.4. The van der Waals surface area contributed by atoms with Crippen molar-refractivity contribution < 1.29 is 18.0 Å². The number of aryl methyl sites for hydroxylation is 2. The Morgan fingerprint density at radius 1 is 0.925 bits per heavy atom. The van der Waals surface area contributed by atoms with Gasteiger partial charge in [-0.3, -0.25) is 13.9 Å². The first-order valence-electron chi connectivity index (χ1n) is 12.8. The lowest BCUT2D eigenvalue weighted by molar-refractivity contribution is -0.140. The predicted molar refractivity (Wildman–Crippen MR) is 161 cm³/mol. The fraction of sp³-hybridized carbons (Fsp3) is 0.333. The minimum Gasteiger partial charge on any atom is -0.350 e. The Morgan fingerprint density at radius 3 is 2.12 bits per heavy atom. The third-order valence-corrected chi connectivity index (χ3v) is 8.83. The molecule has 0 spiro atoms. The van der Waals surface area contributed by atoms with Crippen LogP contribution in [0.5, 0.6) is 0 Å². The molecule has 10 heteroatoms. The number of sulfonamides is 1. The molecule has 0 aromatic heterocycles. The van der Waals surface area contributed by atoms with E-state index >= 15 is 0 Å². The number of benzene rings is 3. The molecule has 3 rings (SSSR count). The predicted octanol–water partition coefficient (Wildman–Crippen LogP) is 6.14. The minimum absolute atomic E-state index is 0.0129. The maximum atomic E-state index is 14.0. The van der Waals surface area contributed by atoms with Gasteiger partial charge in [0, 0.05) is 22.1 Å². The summed E-state index contributed by atoms with van der Waals surface area (Å²) in [7, 11) is -4.18. The van der Waals surface area contributed by atoms with E-state index in [1.165, 1.54) is 29.2 Å². The van der Waals surface area contributed by atoms with Crippen molar-refractivity contribution >= 4 is 50.7 Å². The Kier molecular flexibility index (Phi) is 9.93. The largest absolute Gasteiger partial charge is 0.350 e. The smallest absolute Gasteiger partial charge is 0.264 e. The number of amides is 2. The van der Waals surface area contributed by atoms with Crippen molar-refractivity contribution in [1.29, 1.82) is 0 Å². The summed E-state index contributed by atoms with van der Waals surface area (Å²) in [5.74, 6) is -0.932. The highest BCUT2D eigenvalue weighted by Crippen LogP contribution is 2.28. The highest BCUT2D eigenvalue weighted by atomic mass is 35.5. The standard InChI is InChI=1S/C30H35Cl2N3O4S/c1-20-11-14-25(17-21(20)2)35(40(38,39)26-15-12-24(31)13-16-26)19-28(36)34(18-23-9-7-8-10-27(23)32)22(3)29(37)33-30(4,5)6/h7-17,22H,18-19H2,1-6H3,(H,33,37)/t22-/m0/s1. The van der Waals surface area contributed by atoms with Crippen LogP contribution in [0.15, 0.2) is 71.6 Å². The van der Waals surface area contributed by atoms with E-state index in [1.54, 1.807) is 49.4 Å². The molecule has 0 radical (unpaired) electrons. The Morgan fingerprint density at radius 2 is 1.55 bits per heavy atom. The van der Waals surface area contributed by atoms with Gasteiger partial charge in [-0.1, -0.05) is 47.5 Å². The van der Waals surface area contributed by atoms with Gasteiger partial charge in [0.1, 0.15) is 12.6 Å². The average molecular weight is 605 g/mol. The SMILES string of the molecule is Cc1ccc(N(CC(=O)N(Cc2ccccc2Cl)[C@@H](C)C(=O)NC(C)(C)C)S(=O)(=O)c2ccc(Cl)cc2)cc1C. The molecule has 1 atom stereocenters. The summed E-state index contributed by atoms with van der Waals surface area (Å²) < 4.78 is 28.9. The molecular weight excluding hydrogens is 569 g/mol. The number of hydrogen-bond acceptors (Lipinski definition) is 4. The second kappa shape index (κ2) is 12.6. The summed E-state index contributed by atoms with van der Waals surface area (Å²) in [6, 6.07) is 17.1. The summed E-state index contributed by atoms with van der Waals surface area (Å²) in [5, 5.41) is 3.72. The average Bonchev–Trinajstić information content (AvgIpc) is 2.87. The molecule has 7 nitrogen and oxygen atoms in total. The van der Waals surface area contributed by atoms with Crippen molar-refractivity contribution in [3.63, 3.8) is 0 Å². The van der Waals surface area contributed by atoms with Crippen LogP contribution in [0.4, 0.5) is 5.69 Å². The van der Waals surface area contributed by atoms with E-state index < -0.39 is 34.1 Å². The number of carbonyl (C=O) groups is 2. The van der Waals surface area contributed by atoms with Gasteiger partial charge in [-0.2, -0.15) is 0 Å². The van der Waals surface area contributed by atoms with Gasteiger partial charge in [-0.25, -0.2) is 8.42 Å². The molecule has 1 N–H and O–H groups in total. The van der Waals surface area contributed by atoms with Crippen molar-refractivity contribution in [2.24, 2.45) is 0 Å². The molecule has 0 unspecified atom stereocenters. The maximum absolute atomic E-state index is 14.0. The van der Waals surface area contributed by atoms with E-state index in [-0.39, 0.29) is 17.3 Å². The molecule has 2 amide bonds. The molecule has 3 aromatic carbocycles. The summed E-state index contributed by atoms with van der Waals surface area (Å²) in [4.78, 5) is 28.5. The first-order chi connectivity index (χ1) is 18.6. The zero-order valence-corrected chi connectivity index (χ0v) is 25.9. The second-order valence-corrected chi connectivity index (χ2v) is 13.5. The van der Waals surface area contributed by atoms with E-state index in [9.17, 15) is 18.0 Å². The molecule has 0 fully saturated rings. The molecule has 214 valence electrons. The van der Waals surface area contributed by atoms with Crippen LogP contribution in [-0.2, 0) is 26.2 Å². The Hall–Kier alpha value is -3.07. The van der Waals surface area contributed by atoms with Crippen molar-refractivity contribution in [3.05, 3.63) is 93.5 Å². The third-order valence-electron chi connectivity index (χ3n) is 6.42. The zero-order valence-electron chi connectivity index (χ0n) is 23.5. The summed E-state index contributed by atoms with van der Waals surface area (Å²) in [6.45, 7) is 10.4. The maximum Gasteiger partial charge on any atom is 0.264 e. The Labute approximate surface area is 247 Å². The molecule has 0 saturated heterocycles. The van der Waals surface area contributed by atoms with Crippen molar-refractivity contribution in [2.75, 3.05) is 10.8 Å². The molecule has 0 heterocycles. The van der Waals surface area contributed by atoms with Gasteiger partial charge in [0.05, 0.1) is 10.6 Å². The van der Waals surface area contributed by atoms with Gasteiger partial charge in [0.25, 0.3) is 10.0 Å².